The number of aromatic carboxylic acids is 1. The van der Waals surface area contributed by atoms with Crippen molar-refractivity contribution in [3.05, 3.63) is 29.8 Å². The highest BCUT2D eigenvalue weighted by Crippen LogP contribution is 2.26. The molecule has 0 aromatic heterocycles. The molecule has 1 unspecified atom stereocenters. The Kier molecular flexibility index (Phi) is 2.74. The van der Waals surface area contributed by atoms with Crippen LogP contribution in [0.4, 0.5) is 5.69 Å². The van der Waals surface area contributed by atoms with E-state index in [9.17, 15) is 9.59 Å². The summed E-state index contributed by atoms with van der Waals surface area (Å²) in [5, 5.41) is 14.3. The Balaban J connectivity index is 1.91. The third kappa shape index (κ3) is 1.93. The zero-order valence-corrected chi connectivity index (χ0v) is 10.7. The standard InChI is InChI=1S/C13H12N4O3/c1-8-6-11(18)17-13(15-8)16(7-14-17)10-4-2-9(3-5-10)12(19)20/h2-5,7,13H,6H2,1H3,(H,19,20). The minimum atomic E-state index is -0.977. The van der Waals surface area contributed by atoms with E-state index in [1.54, 1.807) is 24.0 Å². The highest BCUT2D eigenvalue weighted by atomic mass is 16.4. The Morgan fingerprint density at radius 3 is 2.70 bits per heavy atom. The van der Waals surface area contributed by atoms with Gasteiger partial charge in [0.15, 0.2) is 0 Å². The van der Waals surface area contributed by atoms with Gasteiger partial charge in [-0.1, -0.05) is 0 Å². The largest absolute Gasteiger partial charge is 0.478 e. The lowest BCUT2D eigenvalue weighted by atomic mass is 10.2. The monoisotopic (exact) mass is 272 g/mol. The van der Waals surface area contributed by atoms with E-state index < -0.39 is 12.3 Å². The molecule has 1 aromatic carbocycles. The van der Waals surface area contributed by atoms with E-state index in [1.807, 2.05) is 0 Å². The van der Waals surface area contributed by atoms with Crippen molar-refractivity contribution < 1.29 is 14.7 Å². The Labute approximate surface area is 114 Å². The number of nitrogens with zero attached hydrogens (tertiary/aromatic N) is 4. The number of benzene rings is 1. The lowest BCUT2D eigenvalue weighted by Gasteiger charge is -2.29. The Hall–Kier alpha value is -2.70. The second kappa shape index (κ2) is 4.44. The number of rotatable bonds is 2. The smallest absolute Gasteiger partial charge is 0.335 e. The first kappa shape index (κ1) is 12.3. The second-order valence-corrected chi connectivity index (χ2v) is 4.62. The summed E-state index contributed by atoms with van der Waals surface area (Å²) in [6.07, 6.45) is 1.30. The molecular formula is C13H12N4O3. The van der Waals surface area contributed by atoms with E-state index in [-0.39, 0.29) is 17.9 Å². The molecule has 20 heavy (non-hydrogen) atoms. The first-order valence-electron chi connectivity index (χ1n) is 6.07. The summed E-state index contributed by atoms with van der Waals surface area (Å²) in [5.41, 5.74) is 1.70. The lowest BCUT2D eigenvalue weighted by molar-refractivity contribution is -0.132. The van der Waals surface area contributed by atoms with Gasteiger partial charge in [0.25, 0.3) is 5.91 Å². The van der Waals surface area contributed by atoms with E-state index in [4.69, 9.17) is 5.11 Å². The van der Waals surface area contributed by atoms with E-state index in [0.717, 1.165) is 11.4 Å². The van der Waals surface area contributed by atoms with Gasteiger partial charge < -0.3 is 5.11 Å². The molecule has 2 heterocycles. The van der Waals surface area contributed by atoms with Gasteiger partial charge in [-0.05, 0) is 31.2 Å². The van der Waals surface area contributed by atoms with Crippen LogP contribution in [-0.4, -0.2) is 40.3 Å². The molecule has 2 aliphatic heterocycles. The van der Waals surface area contributed by atoms with Crippen LogP contribution < -0.4 is 4.90 Å². The Morgan fingerprint density at radius 1 is 1.35 bits per heavy atom. The summed E-state index contributed by atoms with van der Waals surface area (Å²) in [6.45, 7) is 1.80. The third-order valence-electron chi connectivity index (χ3n) is 3.18. The molecule has 1 N–H and O–H groups in total. The van der Waals surface area contributed by atoms with Gasteiger partial charge in [0, 0.05) is 11.4 Å². The maximum atomic E-state index is 11.8. The molecule has 2 aliphatic rings. The minimum Gasteiger partial charge on any atom is -0.478 e. The van der Waals surface area contributed by atoms with Crippen LogP contribution in [0.2, 0.25) is 0 Å². The van der Waals surface area contributed by atoms with Crippen LogP contribution in [0.1, 0.15) is 23.7 Å². The van der Waals surface area contributed by atoms with Gasteiger partial charge in [-0.15, -0.1) is 0 Å². The molecule has 0 saturated heterocycles. The highest BCUT2D eigenvalue weighted by molar-refractivity contribution is 6.03. The highest BCUT2D eigenvalue weighted by Gasteiger charge is 2.36. The summed E-state index contributed by atoms with van der Waals surface area (Å²) in [4.78, 5) is 28.8. The van der Waals surface area contributed by atoms with Crippen LogP contribution in [-0.2, 0) is 4.79 Å². The van der Waals surface area contributed by atoms with Crippen LogP contribution in [0.5, 0.6) is 0 Å². The van der Waals surface area contributed by atoms with Crippen LogP contribution in [0.15, 0.2) is 34.4 Å². The van der Waals surface area contributed by atoms with E-state index >= 15 is 0 Å². The molecule has 102 valence electrons. The first-order valence-corrected chi connectivity index (χ1v) is 6.07. The normalized spacial score (nSPS) is 20.9. The Morgan fingerprint density at radius 2 is 2.05 bits per heavy atom. The second-order valence-electron chi connectivity index (χ2n) is 4.62. The number of anilines is 1. The average Bonchev–Trinajstić information content (AvgIpc) is 2.82. The number of hydrogen-bond donors (Lipinski definition) is 1. The fourth-order valence-electron chi connectivity index (χ4n) is 2.18. The number of carbonyl (C=O) groups is 2. The van der Waals surface area contributed by atoms with Crippen molar-refractivity contribution in [3.8, 4) is 0 Å². The summed E-state index contributed by atoms with van der Waals surface area (Å²) in [6, 6.07) is 6.36. The molecule has 0 spiro atoms. The molecule has 1 aromatic rings. The molecular weight excluding hydrogens is 260 g/mol. The maximum absolute atomic E-state index is 11.8. The number of hydrazone groups is 1. The number of carboxylic acids is 1. The van der Waals surface area contributed by atoms with Crippen LogP contribution in [0.25, 0.3) is 0 Å². The van der Waals surface area contributed by atoms with Crippen molar-refractivity contribution in [1.29, 1.82) is 0 Å². The van der Waals surface area contributed by atoms with Gasteiger partial charge in [-0.25, -0.2) is 9.79 Å². The van der Waals surface area contributed by atoms with Crippen molar-refractivity contribution in [2.45, 2.75) is 19.6 Å². The molecule has 7 heteroatoms. The third-order valence-corrected chi connectivity index (χ3v) is 3.18. The molecule has 0 fully saturated rings. The predicted molar refractivity (Wildman–Crippen MR) is 72.7 cm³/mol. The molecule has 0 bridgehead atoms. The van der Waals surface area contributed by atoms with Crippen molar-refractivity contribution in [3.63, 3.8) is 0 Å². The van der Waals surface area contributed by atoms with Crippen molar-refractivity contribution in [2.24, 2.45) is 10.1 Å². The van der Waals surface area contributed by atoms with Gasteiger partial charge in [-0.3, -0.25) is 9.69 Å². The zero-order chi connectivity index (χ0) is 14.3. The number of hydrogen-bond acceptors (Lipinski definition) is 5. The Bertz CT molecular complexity index is 636. The maximum Gasteiger partial charge on any atom is 0.335 e. The van der Waals surface area contributed by atoms with Crippen LogP contribution in [0, 0.1) is 0 Å². The van der Waals surface area contributed by atoms with E-state index in [0.29, 0.717) is 0 Å². The predicted octanol–water partition coefficient (Wildman–Crippen LogP) is 1.12. The molecule has 0 aliphatic carbocycles. The molecule has 1 atom stereocenters. The topological polar surface area (TPSA) is 85.6 Å². The van der Waals surface area contributed by atoms with Gasteiger partial charge in [0.2, 0.25) is 6.29 Å². The minimum absolute atomic E-state index is 0.0941. The quantitative estimate of drug-likeness (QED) is 0.874. The molecule has 0 radical (unpaired) electrons. The first-order chi connectivity index (χ1) is 9.56. The lowest BCUT2D eigenvalue weighted by Crippen LogP contribution is -2.45. The number of fused-ring (bicyclic) bond motifs is 1. The molecule has 1 amide bonds. The van der Waals surface area contributed by atoms with Crippen LogP contribution in [0.3, 0.4) is 0 Å². The fourth-order valence-corrected chi connectivity index (χ4v) is 2.18. The van der Waals surface area contributed by atoms with Crippen LogP contribution >= 0.6 is 0 Å². The summed E-state index contributed by atoms with van der Waals surface area (Å²) in [5.74, 6) is -1.07. The fraction of sp³-hybridized carbons (Fsp3) is 0.231. The van der Waals surface area contributed by atoms with Crippen molar-refractivity contribution in [1.82, 2.24) is 5.01 Å². The molecule has 0 saturated carbocycles. The van der Waals surface area contributed by atoms with E-state index in [1.165, 1.54) is 23.5 Å². The van der Waals surface area contributed by atoms with Crippen molar-refractivity contribution >= 4 is 29.6 Å². The SMILES string of the molecule is CC1=NC2N(N=CN2c2ccc(C(=O)O)cc2)C(=O)C1. The van der Waals surface area contributed by atoms with Gasteiger partial charge in [0.05, 0.1) is 12.0 Å². The van der Waals surface area contributed by atoms with E-state index in [2.05, 4.69) is 10.1 Å². The summed E-state index contributed by atoms with van der Waals surface area (Å²) >= 11 is 0. The number of aliphatic imine (C=N–C) groups is 1. The summed E-state index contributed by atoms with van der Waals surface area (Å²) < 4.78 is 0. The number of carboxylic acid groups (broad SMARTS) is 1. The summed E-state index contributed by atoms with van der Waals surface area (Å²) in [7, 11) is 0. The number of amides is 1. The molecule has 3 rings (SSSR count). The molecule has 7 nitrogen and oxygen atoms in total. The number of carbonyl (C=O) groups excluding carboxylic acids is 1. The van der Waals surface area contributed by atoms with Crippen molar-refractivity contribution in [2.75, 3.05) is 4.90 Å². The van der Waals surface area contributed by atoms with Gasteiger partial charge in [0.1, 0.15) is 6.34 Å². The average molecular weight is 272 g/mol. The van der Waals surface area contributed by atoms with Gasteiger partial charge in [-0.2, -0.15) is 10.1 Å². The zero-order valence-electron chi connectivity index (χ0n) is 10.7. The van der Waals surface area contributed by atoms with Gasteiger partial charge >= 0.3 is 5.97 Å².